The van der Waals surface area contributed by atoms with Gasteiger partial charge in [0, 0.05) is 30.4 Å². The number of rotatable bonds is 5. The molecule has 3 aromatic rings. The second kappa shape index (κ2) is 13.0. The lowest BCUT2D eigenvalue weighted by atomic mass is 10.0. The molecule has 4 rings (SSSR count). The molecule has 1 atom stereocenters. The molecule has 174 valence electrons. The van der Waals surface area contributed by atoms with Crippen molar-refractivity contribution in [3.05, 3.63) is 89.3 Å². The first-order chi connectivity index (χ1) is 16.1. The van der Waals surface area contributed by atoms with Crippen LogP contribution in [-0.4, -0.2) is 47.8 Å². The van der Waals surface area contributed by atoms with Crippen LogP contribution in [0.5, 0.6) is 5.75 Å². The van der Waals surface area contributed by atoms with Gasteiger partial charge in [-0.3, -0.25) is 14.8 Å². The Morgan fingerprint density at radius 2 is 1.94 bits per heavy atom. The molecule has 33 heavy (non-hydrogen) atoms. The highest BCUT2D eigenvalue weighted by Crippen LogP contribution is 2.39. The zero-order chi connectivity index (χ0) is 24.2. The summed E-state index contributed by atoms with van der Waals surface area (Å²) in [5.74, 6) is -0.217. The molecular formula is C25H29FN4O3. The maximum Gasteiger partial charge on any atom is 0.256 e. The first-order valence-electron chi connectivity index (χ1n) is 10.5. The molecule has 8 heteroatoms. The fourth-order valence-corrected chi connectivity index (χ4v) is 3.68. The summed E-state index contributed by atoms with van der Waals surface area (Å²) in [6.45, 7) is 1.69. The molecular weight excluding hydrogens is 423 g/mol. The Bertz CT molecular complexity index is 1020. The number of pyridine rings is 2. The van der Waals surface area contributed by atoms with Crippen LogP contribution in [-0.2, 0) is 11.2 Å². The zero-order valence-electron chi connectivity index (χ0n) is 19.1. The summed E-state index contributed by atoms with van der Waals surface area (Å²) < 4.78 is 19.4. The van der Waals surface area contributed by atoms with Gasteiger partial charge in [0.15, 0.2) is 0 Å². The number of amides is 1. The van der Waals surface area contributed by atoms with Gasteiger partial charge in [0.2, 0.25) is 0 Å². The Kier molecular flexibility index (Phi) is 10.1. The summed E-state index contributed by atoms with van der Waals surface area (Å²) >= 11 is 0. The number of halogens is 1. The summed E-state index contributed by atoms with van der Waals surface area (Å²) in [6, 6.07) is 11.8. The van der Waals surface area contributed by atoms with Gasteiger partial charge in [-0.1, -0.05) is 6.07 Å². The van der Waals surface area contributed by atoms with E-state index in [1.54, 1.807) is 43.7 Å². The maximum atomic E-state index is 14.3. The van der Waals surface area contributed by atoms with Crippen molar-refractivity contribution in [1.29, 1.82) is 0 Å². The van der Waals surface area contributed by atoms with Crippen molar-refractivity contribution < 1.29 is 18.7 Å². The van der Waals surface area contributed by atoms with Gasteiger partial charge in [-0.05, 0) is 68.3 Å². The highest BCUT2D eigenvalue weighted by Gasteiger charge is 2.34. The lowest BCUT2D eigenvalue weighted by Crippen LogP contribution is -2.36. The molecule has 0 radical (unpaired) electrons. The number of aryl methyl sites for hydroxylation is 1. The van der Waals surface area contributed by atoms with Crippen molar-refractivity contribution in [1.82, 2.24) is 14.9 Å². The molecule has 1 unspecified atom stereocenters. The summed E-state index contributed by atoms with van der Waals surface area (Å²) in [4.78, 5) is 33.6. The minimum absolute atomic E-state index is 0.0594. The van der Waals surface area contributed by atoms with Gasteiger partial charge in [-0.25, -0.2) is 4.39 Å². The van der Waals surface area contributed by atoms with Crippen LogP contribution in [0.1, 0.15) is 39.6 Å². The number of aldehydes is 1. The third kappa shape index (κ3) is 6.43. The van der Waals surface area contributed by atoms with Gasteiger partial charge < -0.3 is 20.2 Å². The second-order valence-electron chi connectivity index (χ2n) is 7.02. The predicted molar refractivity (Wildman–Crippen MR) is 124 cm³/mol. The number of nitrogens with two attached hydrogens (primary N) is 1. The standard InChI is InChI=1S/C19H19FN2O3.C5H5N.CH5N/c1-12-14(4-3-7-21-12)19(24)22(8-9-23)18-6-5-15-16(18)10-13(25-2)11-17(15)20;1-2-4-6-5-3-1;1-2/h3-4,7,9-11,18H,5-6,8H2,1-2H3;1-5H;2H2,1H3. The van der Waals surface area contributed by atoms with Crippen molar-refractivity contribution in [2.24, 2.45) is 5.73 Å². The first kappa shape index (κ1) is 25.6. The minimum atomic E-state index is -0.364. The van der Waals surface area contributed by atoms with E-state index in [9.17, 15) is 14.0 Å². The molecule has 0 bridgehead atoms. The van der Waals surface area contributed by atoms with Crippen molar-refractivity contribution >= 4 is 12.2 Å². The van der Waals surface area contributed by atoms with E-state index >= 15 is 0 Å². The van der Waals surface area contributed by atoms with Gasteiger partial charge >= 0.3 is 0 Å². The van der Waals surface area contributed by atoms with Crippen LogP contribution >= 0.6 is 0 Å². The molecule has 0 saturated heterocycles. The largest absolute Gasteiger partial charge is 0.497 e. The van der Waals surface area contributed by atoms with Gasteiger partial charge in [0.1, 0.15) is 17.9 Å². The molecule has 0 spiro atoms. The molecule has 1 amide bonds. The number of aromatic nitrogens is 2. The quantitative estimate of drug-likeness (QED) is 0.595. The number of carbonyl (C=O) groups excluding carboxylic acids is 2. The van der Waals surface area contributed by atoms with Gasteiger partial charge in [-0.15, -0.1) is 0 Å². The Labute approximate surface area is 193 Å². The Balaban J connectivity index is 0.000000411. The molecule has 1 aromatic carbocycles. The van der Waals surface area contributed by atoms with E-state index in [2.05, 4.69) is 15.7 Å². The SMILES string of the molecule is CN.COc1cc(F)c2c(c1)C(N(CC=O)C(=O)c1cccnc1C)CC2.c1ccncc1. The number of methoxy groups -OCH3 is 1. The van der Waals surface area contributed by atoms with E-state index in [4.69, 9.17) is 4.74 Å². The molecule has 0 aliphatic heterocycles. The number of fused-ring (bicyclic) bond motifs is 1. The van der Waals surface area contributed by atoms with Crippen LogP contribution < -0.4 is 10.5 Å². The highest BCUT2D eigenvalue weighted by molar-refractivity contribution is 5.96. The van der Waals surface area contributed by atoms with Gasteiger partial charge in [0.05, 0.1) is 25.3 Å². The van der Waals surface area contributed by atoms with Crippen LogP contribution in [0.15, 0.2) is 61.1 Å². The monoisotopic (exact) mass is 452 g/mol. The van der Waals surface area contributed by atoms with Crippen molar-refractivity contribution in [3.63, 3.8) is 0 Å². The lowest BCUT2D eigenvalue weighted by Gasteiger charge is -2.28. The van der Waals surface area contributed by atoms with E-state index in [-0.39, 0.29) is 24.3 Å². The number of benzene rings is 1. The summed E-state index contributed by atoms with van der Waals surface area (Å²) in [7, 11) is 2.97. The zero-order valence-corrected chi connectivity index (χ0v) is 19.1. The van der Waals surface area contributed by atoms with E-state index in [1.165, 1.54) is 25.1 Å². The molecule has 2 aromatic heterocycles. The molecule has 0 saturated carbocycles. The Morgan fingerprint density at radius 1 is 1.21 bits per heavy atom. The summed E-state index contributed by atoms with van der Waals surface area (Å²) in [5, 5.41) is 0. The molecule has 0 fully saturated rings. The highest BCUT2D eigenvalue weighted by atomic mass is 19.1. The van der Waals surface area contributed by atoms with E-state index in [0.29, 0.717) is 47.3 Å². The van der Waals surface area contributed by atoms with E-state index in [1.807, 2.05) is 18.2 Å². The molecule has 7 nitrogen and oxygen atoms in total. The fourth-order valence-electron chi connectivity index (χ4n) is 3.68. The average Bonchev–Trinajstić information content (AvgIpc) is 3.29. The first-order valence-corrected chi connectivity index (χ1v) is 10.5. The Morgan fingerprint density at radius 3 is 2.48 bits per heavy atom. The third-order valence-electron chi connectivity index (χ3n) is 5.18. The lowest BCUT2D eigenvalue weighted by molar-refractivity contribution is -0.108. The summed E-state index contributed by atoms with van der Waals surface area (Å²) in [6.07, 6.45) is 6.89. The fraction of sp³-hybridized carbons (Fsp3) is 0.280. The predicted octanol–water partition coefficient (Wildman–Crippen LogP) is 3.52. The Hall–Kier alpha value is -3.65. The molecule has 1 aliphatic rings. The van der Waals surface area contributed by atoms with Crippen molar-refractivity contribution in [2.75, 3.05) is 20.7 Å². The number of ether oxygens (including phenoxy) is 1. The average molecular weight is 453 g/mol. The van der Waals surface area contributed by atoms with Crippen LogP contribution in [0.4, 0.5) is 4.39 Å². The molecule has 2 N–H and O–H groups in total. The smallest absolute Gasteiger partial charge is 0.256 e. The van der Waals surface area contributed by atoms with E-state index in [0.717, 1.165) is 0 Å². The van der Waals surface area contributed by atoms with Crippen molar-refractivity contribution in [2.45, 2.75) is 25.8 Å². The topological polar surface area (TPSA) is 98.4 Å². The molecule has 2 heterocycles. The van der Waals surface area contributed by atoms with Crippen LogP contribution in [0.2, 0.25) is 0 Å². The van der Waals surface area contributed by atoms with E-state index < -0.39 is 0 Å². The minimum Gasteiger partial charge on any atom is -0.497 e. The number of carbonyl (C=O) groups is 2. The second-order valence-corrected chi connectivity index (χ2v) is 7.02. The normalized spacial score (nSPS) is 13.4. The van der Waals surface area contributed by atoms with Crippen LogP contribution in [0.3, 0.4) is 0 Å². The van der Waals surface area contributed by atoms with Crippen LogP contribution in [0, 0.1) is 12.7 Å². The van der Waals surface area contributed by atoms with Gasteiger partial charge in [-0.2, -0.15) is 0 Å². The van der Waals surface area contributed by atoms with Crippen molar-refractivity contribution in [3.8, 4) is 5.75 Å². The third-order valence-corrected chi connectivity index (χ3v) is 5.18. The molecule has 1 aliphatic carbocycles. The maximum absolute atomic E-state index is 14.3. The van der Waals surface area contributed by atoms with Crippen LogP contribution in [0.25, 0.3) is 0 Å². The number of hydrogen-bond donors (Lipinski definition) is 1. The van der Waals surface area contributed by atoms with Gasteiger partial charge in [0.25, 0.3) is 5.91 Å². The number of hydrogen-bond acceptors (Lipinski definition) is 6. The summed E-state index contributed by atoms with van der Waals surface area (Å²) in [5.41, 5.74) is 6.82. The number of nitrogens with zero attached hydrogens (tertiary/aromatic N) is 3.